The molecule has 0 saturated carbocycles. The number of fused-ring (bicyclic) bond motifs is 1. The summed E-state index contributed by atoms with van der Waals surface area (Å²) in [5, 5.41) is 5.65. The number of rotatable bonds is 4. The fourth-order valence-corrected chi connectivity index (χ4v) is 2.98. The van der Waals surface area contributed by atoms with Crippen molar-refractivity contribution in [2.24, 2.45) is 0 Å². The van der Waals surface area contributed by atoms with Crippen LogP contribution >= 0.6 is 11.3 Å². The van der Waals surface area contributed by atoms with Crippen LogP contribution in [0, 0.1) is 6.92 Å². The average Bonchev–Trinajstić information content (AvgIpc) is 2.93. The van der Waals surface area contributed by atoms with Crippen molar-refractivity contribution in [2.45, 2.75) is 26.4 Å². The molecule has 3 heteroatoms. The highest BCUT2D eigenvalue weighted by molar-refractivity contribution is 7.17. The van der Waals surface area contributed by atoms with Gasteiger partial charge in [0.05, 0.1) is 10.2 Å². The van der Waals surface area contributed by atoms with Crippen molar-refractivity contribution in [3.8, 4) is 0 Å². The first-order chi connectivity index (χ1) is 9.72. The lowest BCUT2D eigenvalue weighted by atomic mass is 10.1. The number of hydrogen-bond donors (Lipinski definition) is 1. The Bertz CT molecular complexity index is 700. The van der Waals surface area contributed by atoms with Crippen LogP contribution in [0.25, 0.3) is 10.2 Å². The molecule has 3 rings (SSSR count). The van der Waals surface area contributed by atoms with E-state index in [0.29, 0.717) is 6.04 Å². The molecule has 0 aliphatic heterocycles. The highest BCUT2D eigenvalue weighted by Crippen LogP contribution is 2.22. The fourth-order valence-electron chi connectivity index (χ4n) is 2.19. The summed E-state index contributed by atoms with van der Waals surface area (Å²) < 4.78 is 1.26. The quantitative estimate of drug-likeness (QED) is 0.764. The van der Waals surface area contributed by atoms with E-state index < -0.39 is 0 Å². The van der Waals surface area contributed by atoms with Gasteiger partial charge < -0.3 is 5.32 Å². The summed E-state index contributed by atoms with van der Waals surface area (Å²) in [6.07, 6.45) is 1.97. The van der Waals surface area contributed by atoms with Crippen LogP contribution in [0.1, 0.15) is 29.7 Å². The lowest BCUT2D eigenvalue weighted by Gasteiger charge is -2.14. The molecule has 0 bridgehead atoms. The van der Waals surface area contributed by atoms with Crippen LogP contribution in [-0.4, -0.2) is 4.98 Å². The zero-order valence-electron chi connectivity index (χ0n) is 11.8. The van der Waals surface area contributed by atoms with Gasteiger partial charge in [0, 0.05) is 18.8 Å². The van der Waals surface area contributed by atoms with Gasteiger partial charge in [-0.25, -0.2) is 0 Å². The average molecular weight is 282 g/mol. The Hall–Kier alpha value is -1.71. The number of benzene rings is 1. The maximum Gasteiger partial charge on any atom is 0.0809 e. The van der Waals surface area contributed by atoms with E-state index in [9.17, 15) is 0 Å². The van der Waals surface area contributed by atoms with Crippen molar-refractivity contribution in [3.05, 3.63) is 64.7 Å². The van der Waals surface area contributed by atoms with Gasteiger partial charge in [-0.15, -0.1) is 11.3 Å². The highest BCUT2D eigenvalue weighted by atomic mass is 32.1. The first-order valence-corrected chi connectivity index (χ1v) is 7.72. The summed E-state index contributed by atoms with van der Waals surface area (Å²) in [5.74, 6) is 0. The van der Waals surface area contributed by atoms with E-state index in [0.717, 1.165) is 12.1 Å². The first-order valence-electron chi connectivity index (χ1n) is 6.84. The molecule has 0 aliphatic rings. The third-order valence-corrected chi connectivity index (χ3v) is 4.41. The zero-order valence-corrected chi connectivity index (χ0v) is 12.6. The largest absolute Gasteiger partial charge is 0.306 e. The molecule has 0 amide bonds. The summed E-state index contributed by atoms with van der Waals surface area (Å²) >= 11 is 1.74. The van der Waals surface area contributed by atoms with Crippen LogP contribution in [0.2, 0.25) is 0 Å². The number of thiophene rings is 1. The van der Waals surface area contributed by atoms with Crippen LogP contribution in [0.15, 0.2) is 48.0 Å². The minimum absolute atomic E-state index is 0.301. The zero-order chi connectivity index (χ0) is 13.9. The first kappa shape index (κ1) is 13.3. The summed E-state index contributed by atoms with van der Waals surface area (Å²) in [6, 6.07) is 13.3. The summed E-state index contributed by atoms with van der Waals surface area (Å²) in [5.41, 5.74) is 4.94. The third-order valence-electron chi connectivity index (χ3n) is 3.56. The Labute approximate surface area is 123 Å². The van der Waals surface area contributed by atoms with Crippen LogP contribution < -0.4 is 5.32 Å². The van der Waals surface area contributed by atoms with Crippen LogP contribution in [0.5, 0.6) is 0 Å². The Morgan fingerprint density at radius 1 is 1.20 bits per heavy atom. The third kappa shape index (κ3) is 2.89. The molecule has 1 unspecified atom stereocenters. The molecular formula is C17H18N2S. The number of nitrogens with zero attached hydrogens (tertiary/aromatic N) is 1. The van der Waals surface area contributed by atoms with E-state index in [4.69, 9.17) is 0 Å². The van der Waals surface area contributed by atoms with Crippen LogP contribution in [-0.2, 0) is 6.54 Å². The molecule has 2 heterocycles. The standard InChI is InChI=1S/C17H18N2S/c1-12-3-5-14(6-4-12)10-18-13(2)15-9-17-16(19-11-15)7-8-20-17/h3-9,11,13,18H,10H2,1-2H3. The predicted molar refractivity (Wildman–Crippen MR) is 86.1 cm³/mol. The monoisotopic (exact) mass is 282 g/mol. The maximum absolute atomic E-state index is 4.50. The smallest absolute Gasteiger partial charge is 0.0809 e. The van der Waals surface area contributed by atoms with E-state index >= 15 is 0 Å². The molecule has 2 nitrogen and oxygen atoms in total. The van der Waals surface area contributed by atoms with Crippen molar-refractivity contribution in [3.63, 3.8) is 0 Å². The number of pyridine rings is 1. The minimum Gasteiger partial charge on any atom is -0.306 e. The molecule has 0 fully saturated rings. The van der Waals surface area contributed by atoms with Crippen molar-refractivity contribution in [1.29, 1.82) is 0 Å². The summed E-state index contributed by atoms with van der Waals surface area (Å²) in [6.45, 7) is 5.18. The van der Waals surface area contributed by atoms with Gasteiger partial charge in [-0.2, -0.15) is 0 Å². The highest BCUT2D eigenvalue weighted by Gasteiger charge is 2.07. The van der Waals surface area contributed by atoms with E-state index in [1.165, 1.54) is 21.4 Å². The lowest BCUT2D eigenvalue weighted by molar-refractivity contribution is 0.574. The van der Waals surface area contributed by atoms with E-state index in [2.05, 4.69) is 65.9 Å². The van der Waals surface area contributed by atoms with Gasteiger partial charge in [0.1, 0.15) is 0 Å². The van der Waals surface area contributed by atoms with E-state index in [1.807, 2.05) is 6.20 Å². The number of hydrogen-bond acceptors (Lipinski definition) is 3. The van der Waals surface area contributed by atoms with Gasteiger partial charge in [0.2, 0.25) is 0 Å². The van der Waals surface area contributed by atoms with E-state index in [1.54, 1.807) is 11.3 Å². The predicted octanol–water partition coefficient (Wildman–Crippen LogP) is 4.46. The van der Waals surface area contributed by atoms with Crippen molar-refractivity contribution < 1.29 is 0 Å². The topological polar surface area (TPSA) is 24.9 Å². The molecule has 20 heavy (non-hydrogen) atoms. The van der Waals surface area contributed by atoms with Gasteiger partial charge in [0.25, 0.3) is 0 Å². The lowest BCUT2D eigenvalue weighted by Crippen LogP contribution is -2.18. The second kappa shape index (κ2) is 5.73. The van der Waals surface area contributed by atoms with Gasteiger partial charge in [-0.05, 0) is 42.5 Å². The molecule has 0 spiro atoms. The maximum atomic E-state index is 4.50. The van der Waals surface area contributed by atoms with Crippen molar-refractivity contribution >= 4 is 21.6 Å². The summed E-state index contributed by atoms with van der Waals surface area (Å²) in [7, 11) is 0. The fraction of sp³-hybridized carbons (Fsp3) is 0.235. The van der Waals surface area contributed by atoms with Crippen LogP contribution in [0.3, 0.4) is 0 Å². The molecule has 1 atom stereocenters. The molecule has 1 N–H and O–H groups in total. The van der Waals surface area contributed by atoms with Gasteiger partial charge in [-0.3, -0.25) is 4.98 Å². The van der Waals surface area contributed by atoms with Crippen molar-refractivity contribution in [1.82, 2.24) is 10.3 Å². The minimum atomic E-state index is 0.301. The number of aromatic nitrogens is 1. The molecule has 2 aromatic heterocycles. The molecule has 1 aromatic carbocycles. The molecular weight excluding hydrogens is 264 g/mol. The summed E-state index contributed by atoms with van der Waals surface area (Å²) in [4.78, 5) is 4.50. The van der Waals surface area contributed by atoms with Gasteiger partial charge in [0.15, 0.2) is 0 Å². The Morgan fingerprint density at radius 2 is 2.00 bits per heavy atom. The van der Waals surface area contributed by atoms with Crippen LogP contribution in [0.4, 0.5) is 0 Å². The Kier molecular flexibility index (Phi) is 3.81. The molecule has 3 aromatic rings. The molecule has 0 aliphatic carbocycles. The molecule has 0 saturated heterocycles. The normalized spacial score (nSPS) is 12.7. The van der Waals surface area contributed by atoms with Crippen molar-refractivity contribution in [2.75, 3.05) is 0 Å². The SMILES string of the molecule is Cc1ccc(CNC(C)c2cnc3ccsc3c2)cc1. The number of nitrogens with one attached hydrogen (secondary N) is 1. The van der Waals surface area contributed by atoms with E-state index in [-0.39, 0.29) is 0 Å². The van der Waals surface area contributed by atoms with Gasteiger partial charge >= 0.3 is 0 Å². The Balaban J connectivity index is 1.69. The Morgan fingerprint density at radius 3 is 2.80 bits per heavy atom. The number of aryl methyl sites for hydroxylation is 1. The second-order valence-corrected chi connectivity index (χ2v) is 6.11. The second-order valence-electron chi connectivity index (χ2n) is 5.16. The van der Waals surface area contributed by atoms with Gasteiger partial charge in [-0.1, -0.05) is 29.8 Å². The molecule has 0 radical (unpaired) electrons. The molecule has 102 valence electrons.